The molecule has 2 aromatic rings. The summed E-state index contributed by atoms with van der Waals surface area (Å²) in [6.45, 7) is 1.63. The first-order valence-corrected chi connectivity index (χ1v) is 5.89. The van der Waals surface area contributed by atoms with Crippen LogP contribution in [-0.2, 0) is 0 Å². The molecule has 19 heavy (non-hydrogen) atoms. The number of aryl methyl sites for hydroxylation is 1. The second-order valence-electron chi connectivity index (χ2n) is 4.26. The highest BCUT2D eigenvalue weighted by atomic mass is 19.1. The number of aliphatic hydroxyl groups is 1. The summed E-state index contributed by atoms with van der Waals surface area (Å²) in [7, 11) is 0. The predicted molar refractivity (Wildman–Crippen MR) is 68.0 cm³/mol. The molecule has 0 fully saturated rings. The molecule has 1 atom stereocenters. The minimum atomic E-state index is -1.09. The Balaban J connectivity index is 2.06. The maximum atomic E-state index is 13.4. The summed E-state index contributed by atoms with van der Waals surface area (Å²) in [6, 6.07) is 10.1. The molecule has 0 aliphatic rings. The molecule has 0 saturated heterocycles. The fraction of sp³-hybridized carbons (Fsp3) is 0.200. The molecular formula is C15H14F2O2. The molecule has 100 valence electrons. The molecular weight excluding hydrogens is 250 g/mol. The lowest BCUT2D eigenvalue weighted by molar-refractivity contribution is 0.104. The molecule has 0 amide bonds. The van der Waals surface area contributed by atoms with E-state index in [9.17, 15) is 13.9 Å². The van der Waals surface area contributed by atoms with E-state index in [1.165, 1.54) is 24.3 Å². The molecule has 1 N–H and O–H groups in total. The van der Waals surface area contributed by atoms with Crippen molar-refractivity contribution in [2.45, 2.75) is 13.0 Å². The highest BCUT2D eigenvalue weighted by Crippen LogP contribution is 2.22. The molecule has 2 rings (SSSR count). The quantitative estimate of drug-likeness (QED) is 0.917. The highest BCUT2D eigenvalue weighted by Gasteiger charge is 2.13. The van der Waals surface area contributed by atoms with Crippen LogP contribution < -0.4 is 4.74 Å². The predicted octanol–water partition coefficient (Wildman–Crippen LogP) is 3.39. The van der Waals surface area contributed by atoms with Gasteiger partial charge in [-0.2, -0.15) is 0 Å². The molecule has 2 nitrogen and oxygen atoms in total. The van der Waals surface area contributed by atoms with Crippen LogP contribution in [0.4, 0.5) is 8.78 Å². The van der Waals surface area contributed by atoms with E-state index in [2.05, 4.69) is 0 Å². The summed E-state index contributed by atoms with van der Waals surface area (Å²) in [5.74, 6) is -0.564. The first kappa shape index (κ1) is 13.5. The summed E-state index contributed by atoms with van der Waals surface area (Å²) >= 11 is 0. The van der Waals surface area contributed by atoms with Crippen molar-refractivity contribution in [3.8, 4) is 5.75 Å². The van der Waals surface area contributed by atoms with Gasteiger partial charge in [0.05, 0.1) is 0 Å². The van der Waals surface area contributed by atoms with Crippen LogP contribution in [0.2, 0.25) is 0 Å². The SMILES string of the molecule is Cc1ccc(F)cc1OCC(O)c1ccccc1F. The Morgan fingerprint density at radius 1 is 1.16 bits per heavy atom. The fourth-order valence-electron chi connectivity index (χ4n) is 1.73. The van der Waals surface area contributed by atoms with Gasteiger partial charge in [0.1, 0.15) is 30.1 Å². The van der Waals surface area contributed by atoms with Crippen molar-refractivity contribution in [1.82, 2.24) is 0 Å². The third-order valence-corrected chi connectivity index (χ3v) is 2.81. The lowest BCUT2D eigenvalue weighted by Gasteiger charge is -2.14. The minimum absolute atomic E-state index is 0.134. The highest BCUT2D eigenvalue weighted by molar-refractivity contribution is 5.32. The van der Waals surface area contributed by atoms with Gasteiger partial charge < -0.3 is 9.84 Å². The summed E-state index contributed by atoms with van der Waals surface area (Å²) in [6.07, 6.45) is -1.09. The Kier molecular flexibility index (Phi) is 4.12. The zero-order chi connectivity index (χ0) is 13.8. The van der Waals surface area contributed by atoms with E-state index >= 15 is 0 Å². The fourth-order valence-corrected chi connectivity index (χ4v) is 1.73. The van der Waals surface area contributed by atoms with E-state index in [1.807, 2.05) is 0 Å². The van der Waals surface area contributed by atoms with Gasteiger partial charge in [0.15, 0.2) is 0 Å². The standard InChI is InChI=1S/C15H14F2O2/c1-10-6-7-11(16)8-15(10)19-9-14(18)12-4-2-3-5-13(12)17/h2-8,14,18H,9H2,1H3. The zero-order valence-corrected chi connectivity index (χ0v) is 10.4. The maximum Gasteiger partial charge on any atom is 0.129 e. The van der Waals surface area contributed by atoms with Gasteiger partial charge in [-0.05, 0) is 24.6 Å². The normalized spacial score (nSPS) is 12.2. The zero-order valence-electron chi connectivity index (χ0n) is 10.4. The number of hydrogen-bond acceptors (Lipinski definition) is 2. The third kappa shape index (κ3) is 3.29. The number of aliphatic hydroxyl groups excluding tert-OH is 1. The van der Waals surface area contributed by atoms with E-state index in [1.54, 1.807) is 25.1 Å². The molecule has 2 aromatic carbocycles. The molecule has 0 aliphatic heterocycles. The van der Waals surface area contributed by atoms with Gasteiger partial charge in [0.2, 0.25) is 0 Å². The summed E-state index contributed by atoms with van der Waals surface area (Å²) < 4.78 is 31.8. The Morgan fingerprint density at radius 3 is 2.63 bits per heavy atom. The van der Waals surface area contributed by atoms with Gasteiger partial charge in [-0.3, -0.25) is 0 Å². The number of benzene rings is 2. The lowest BCUT2D eigenvalue weighted by atomic mass is 10.1. The van der Waals surface area contributed by atoms with Crippen molar-refractivity contribution in [2.75, 3.05) is 6.61 Å². The van der Waals surface area contributed by atoms with Crippen molar-refractivity contribution in [1.29, 1.82) is 0 Å². The van der Waals surface area contributed by atoms with Crippen molar-refractivity contribution in [3.63, 3.8) is 0 Å². The molecule has 0 aliphatic carbocycles. The molecule has 0 heterocycles. The molecule has 4 heteroatoms. The minimum Gasteiger partial charge on any atom is -0.490 e. The summed E-state index contributed by atoms with van der Waals surface area (Å²) in [5.41, 5.74) is 0.915. The average molecular weight is 264 g/mol. The average Bonchev–Trinajstić information content (AvgIpc) is 2.40. The monoisotopic (exact) mass is 264 g/mol. The smallest absolute Gasteiger partial charge is 0.129 e. The largest absolute Gasteiger partial charge is 0.490 e. The van der Waals surface area contributed by atoms with Crippen molar-refractivity contribution in [2.24, 2.45) is 0 Å². The van der Waals surface area contributed by atoms with E-state index in [0.717, 1.165) is 5.56 Å². The first-order chi connectivity index (χ1) is 9.08. The molecule has 0 radical (unpaired) electrons. The van der Waals surface area contributed by atoms with Crippen LogP contribution in [0.5, 0.6) is 5.75 Å². The topological polar surface area (TPSA) is 29.5 Å². The summed E-state index contributed by atoms with van der Waals surface area (Å²) in [4.78, 5) is 0. The van der Waals surface area contributed by atoms with Crippen LogP contribution in [0, 0.1) is 18.6 Å². The molecule has 0 spiro atoms. The number of rotatable bonds is 4. The van der Waals surface area contributed by atoms with Crippen molar-refractivity contribution >= 4 is 0 Å². The lowest BCUT2D eigenvalue weighted by Crippen LogP contribution is -2.11. The van der Waals surface area contributed by atoms with E-state index < -0.39 is 17.7 Å². The maximum absolute atomic E-state index is 13.4. The van der Waals surface area contributed by atoms with E-state index in [4.69, 9.17) is 4.74 Å². The van der Waals surface area contributed by atoms with Gasteiger partial charge in [-0.25, -0.2) is 8.78 Å². The van der Waals surface area contributed by atoms with Crippen LogP contribution >= 0.6 is 0 Å². The van der Waals surface area contributed by atoms with Crippen LogP contribution in [0.1, 0.15) is 17.2 Å². The second kappa shape index (κ2) is 5.80. The van der Waals surface area contributed by atoms with Gasteiger partial charge in [0, 0.05) is 11.6 Å². The van der Waals surface area contributed by atoms with Gasteiger partial charge >= 0.3 is 0 Å². The Labute approximate surface area is 110 Å². The van der Waals surface area contributed by atoms with Crippen LogP contribution in [0.3, 0.4) is 0 Å². The Bertz CT molecular complexity index is 570. The van der Waals surface area contributed by atoms with Crippen molar-refractivity contribution < 1.29 is 18.6 Å². The second-order valence-corrected chi connectivity index (χ2v) is 4.26. The number of ether oxygens (including phenoxy) is 1. The Hall–Kier alpha value is -1.94. The Morgan fingerprint density at radius 2 is 1.89 bits per heavy atom. The number of hydrogen-bond donors (Lipinski definition) is 1. The third-order valence-electron chi connectivity index (χ3n) is 2.81. The van der Waals surface area contributed by atoms with Gasteiger partial charge in [0.25, 0.3) is 0 Å². The van der Waals surface area contributed by atoms with E-state index in [0.29, 0.717) is 5.75 Å². The van der Waals surface area contributed by atoms with Crippen LogP contribution in [-0.4, -0.2) is 11.7 Å². The molecule has 1 unspecified atom stereocenters. The van der Waals surface area contributed by atoms with Gasteiger partial charge in [-0.15, -0.1) is 0 Å². The van der Waals surface area contributed by atoms with E-state index in [-0.39, 0.29) is 12.2 Å². The molecule has 0 aromatic heterocycles. The first-order valence-electron chi connectivity index (χ1n) is 5.89. The van der Waals surface area contributed by atoms with Crippen LogP contribution in [0.15, 0.2) is 42.5 Å². The van der Waals surface area contributed by atoms with Gasteiger partial charge in [-0.1, -0.05) is 24.3 Å². The van der Waals surface area contributed by atoms with Crippen molar-refractivity contribution in [3.05, 3.63) is 65.2 Å². The molecule has 0 bridgehead atoms. The van der Waals surface area contributed by atoms with Crippen LogP contribution in [0.25, 0.3) is 0 Å². The summed E-state index contributed by atoms with van der Waals surface area (Å²) in [5, 5.41) is 9.86. The molecule has 0 saturated carbocycles. The number of halogens is 2.